The third kappa shape index (κ3) is 2.29. The zero-order chi connectivity index (χ0) is 11.6. The SMILES string of the molecule is CCOC(=O)c1cnn(C(C)(C)C)c1O. The number of nitrogens with zero attached hydrogens (tertiary/aromatic N) is 2. The summed E-state index contributed by atoms with van der Waals surface area (Å²) >= 11 is 0. The van der Waals surface area contributed by atoms with E-state index in [0.717, 1.165) is 0 Å². The minimum Gasteiger partial charge on any atom is -0.493 e. The predicted octanol–water partition coefficient (Wildman–Crippen LogP) is 1.52. The topological polar surface area (TPSA) is 64.3 Å². The molecule has 0 aliphatic heterocycles. The van der Waals surface area contributed by atoms with E-state index in [1.54, 1.807) is 6.92 Å². The molecule has 0 radical (unpaired) electrons. The maximum atomic E-state index is 11.4. The number of aromatic nitrogens is 2. The average molecular weight is 212 g/mol. The first-order chi connectivity index (χ1) is 6.88. The van der Waals surface area contributed by atoms with Crippen molar-refractivity contribution in [3.63, 3.8) is 0 Å². The molecular formula is C10H16N2O3. The van der Waals surface area contributed by atoms with E-state index >= 15 is 0 Å². The molecule has 0 bridgehead atoms. The predicted molar refractivity (Wildman–Crippen MR) is 54.8 cm³/mol. The molecule has 0 fully saturated rings. The molecule has 0 amide bonds. The lowest BCUT2D eigenvalue weighted by Gasteiger charge is -2.19. The molecule has 1 heterocycles. The third-order valence-electron chi connectivity index (χ3n) is 1.87. The fraction of sp³-hybridized carbons (Fsp3) is 0.600. The van der Waals surface area contributed by atoms with Crippen LogP contribution in [0.2, 0.25) is 0 Å². The second-order valence-corrected chi connectivity index (χ2v) is 4.18. The summed E-state index contributed by atoms with van der Waals surface area (Å²) < 4.78 is 6.17. The second kappa shape index (κ2) is 3.92. The van der Waals surface area contributed by atoms with E-state index in [2.05, 4.69) is 5.10 Å². The first kappa shape index (κ1) is 11.6. The fourth-order valence-electron chi connectivity index (χ4n) is 1.19. The summed E-state index contributed by atoms with van der Waals surface area (Å²) in [6.07, 6.45) is 1.32. The van der Waals surface area contributed by atoms with E-state index in [0.29, 0.717) is 0 Å². The van der Waals surface area contributed by atoms with Gasteiger partial charge in [0.05, 0.1) is 18.3 Å². The molecule has 0 saturated carbocycles. The van der Waals surface area contributed by atoms with Gasteiger partial charge in [-0.15, -0.1) is 0 Å². The van der Waals surface area contributed by atoms with Gasteiger partial charge >= 0.3 is 5.97 Å². The minimum atomic E-state index is -0.550. The molecule has 5 nitrogen and oxygen atoms in total. The molecule has 0 saturated heterocycles. The van der Waals surface area contributed by atoms with E-state index in [1.807, 2.05) is 20.8 Å². The number of ether oxygens (including phenoxy) is 1. The number of hydrogen-bond donors (Lipinski definition) is 1. The number of carbonyl (C=O) groups excluding carboxylic acids is 1. The molecule has 84 valence electrons. The van der Waals surface area contributed by atoms with Gasteiger partial charge in [-0.1, -0.05) is 0 Å². The van der Waals surface area contributed by atoms with E-state index in [1.165, 1.54) is 10.9 Å². The van der Waals surface area contributed by atoms with Crippen LogP contribution in [0.5, 0.6) is 5.88 Å². The molecular weight excluding hydrogens is 196 g/mol. The van der Waals surface area contributed by atoms with Crippen LogP contribution in [0.3, 0.4) is 0 Å². The maximum Gasteiger partial charge on any atom is 0.345 e. The van der Waals surface area contributed by atoms with Crippen LogP contribution >= 0.6 is 0 Å². The Bertz CT molecular complexity index is 363. The summed E-state index contributed by atoms with van der Waals surface area (Å²) in [5, 5.41) is 13.7. The van der Waals surface area contributed by atoms with Gasteiger partial charge < -0.3 is 9.84 Å². The van der Waals surface area contributed by atoms with Crippen molar-refractivity contribution in [2.24, 2.45) is 0 Å². The average Bonchev–Trinajstić information content (AvgIpc) is 2.46. The van der Waals surface area contributed by atoms with Gasteiger partial charge in [0.2, 0.25) is 5.88 Å². The fourth-order valence-corrected chi connectivity index (χ4v) is 1.19. The lowest BCUT2D eigenvalue weighted by molar-refractivity contribution is 0.0522. The van der Waals surface area contributed by atoms with Crippen molar-refractivity contribution in [2.75, 3.05) is 6.61 Å². The van der Waals surface area contributed by atoms with E-state index in [9.17, 15) is 9.90 Å². The van der Waals surface area contributed by atoms with Gasteiger partial charge in [0.25, 0.3) is 0 Å². The van der Waals surface area contributed by atoms with Crippen LogP contribution < -0.4 is 0 Å². The smallest absolute Gasteiger partial charge is 0.345 e. The highest BCUT2D eigenvalue weighted by molar-refractivity contribution is 5.91. The summed E-state index contributed by atoms with van der Waals surface area (Å²) in [7, 11) is 0. The lowest BCUT2D eigenvalue weighted by Crippen LogP contribution is -2.22. The van der Waals surface area contributed by atoms with Gasteiger partial charge in [0.1, 0.15) is 5.56 Å². The van der Waals surface area contributed by atoms with Gasteiger partial charge in [0, 0.05) is 0 Å². The standard InChI is InChI=1S/C10H16N2O3/c1-5-15-9(14)7-6-11-12(8(7)13)10(2,3)4/h6,13H,5H2,1-4H3. The molecule has 0 aliphatic rings. The summed E-state index contributed by atoms with van der Waals surface area (Å²) in [6.45, 7) is 7.64. The number of carbonyl (C=O) groups is 1. The van der Waals surface area contributed by atoms with Crippen LogP contribution in [0.25, 0.3) is 0 Å². The number of aromatic hydroxyl groups is 1. The van der Waals surface area contributed by atoms with Crippen molar-refractivity contribution in [1.29, 1.82) is 0 Å². The first-order valence-electron chi connectivity index (χ1n) is 4.82. The Hall–Kier alpha value is -1.52. The van der Waals surface area contributed by atoms with Gasteiger partial charge in [0.15, 0.2) is 0 Å². The number of esters is 1. The van der Waals surface area contributed by atoms with Crippen molar-refractivity contribution in [2.45, 2.75) is 33.2 Å². The maximum absolute atomic E-state index is 11.4. The molecule has 5 heteroatoms. The van der Waals surface area contributed by atoms with Crippen molar-refractivity contribution >= 4 is 5.97 Å². The molecule has 15 heavy (non-hydrogen) atoms. The Balaban J connectivity index is 3.04. The van der Waals surface area contributed by atoms with Crippen LogP contribution in [0.15, 0.2) is 6.20 Å². The molecule has 1 rings (SSSR count). The molecule has 1 N–H and O–H groups in total. The number of hydrogen-bond acceptors (Lipinski definition) is 4. The zero-order valence-electron chi connectivity index (χ0n) is 9.44. The van der Waals surface area contributed by atoms with Crippen molar-refractivity contribution in [3.05, 3.63) is 11.8 Å². The highest BCUT2D eigenvalue weighted by atomic mass is 16.5. The van der Waals surface area contributed by atoms with E-state index in [-0.39, 0.29) is 23.6 Å². The summed E-state index contributed by atoms with van der Waals surface area (Å²) in [6, 6.07) is 0. The van der Waals surface area contributed by atoms with Crippen LogP contribution in [0.4, 0.5) is 0 Å². The molecule has 0 unspecified atom stereocenters. The Morgan fingerprint density at radius 2 is 2.20 bits per heavy atom. The molecule has 1 aromatic rings. The lowest BCUT2D eigenvalue weighted by atomic mass is 10.1. The monoisotopic (exact) mass is 212 g/mol. The van der Waals surface area contributed by atoms with Crippen molar-refractivity contribution < 1.29 is 14.6 Å². The largest absolute Gasteiger partial charge is 0.493 e. The van der Waals surface area contributed by atoms with E-state index < -0.39 is 5.97 Å². The second-order valence-electron chi connectivity index (χ2n) is 4.18. The molecule has 0 aliphatic carbocycles. The molecule has 0 atom stereocenters. The van der Waals surface area contributed by atoms with Crippen LogP contribution in [0, 0.1) is 0 Å². The first-order valence-corrected chi connectivity index (χ1v) is 4.82. The Morgan fingerprint density at radius 3 is 2.60 bits per heavy atom. The summed E-state index contributed by atoms with van der Waals surface area (Å²) in [5.41, 5.74) is -0.263. The van der Waals surface area contributed by atoms with E-state index in [4.69, 9.17) is 4.74 Å². The highest BCUT2D eigenvalue weighted by Crippen LogP contribution is 2.24. The van der Waals surface area contributed by atoms with Crippen LogP contribution in [-0.4, -0.2) is 27.5 Å². The number of rotatable bonds is 2. The van der Waals surface area contributed by atoms with Gasteiger partial charge in [-0.2, -0.15) is 5.10 Å². The minimum absolute atomic E-state index is 0.103. The van der Waals surface area contributed by atoms with Crippen LogP contribution in [-0.2, 0) is 10.3 Å². The van der Waals surface area contributed by atoms with Gasteiger partial charge in [-0.25, -0.2) is 9.48 Å². The molecule has 0 spiro atoms. The molecule has 1 aromatic heterocycles. The third-order valence-corrected chi connectivity index (χ3v) is 1.87. The Kier molecular flexibility index (Phi) is 3.02. The van der Waals surface area contributed by atoms with Gasteiger partial charge in [-0.05, 0) is 27.7 Å². The van der Waals surface area contributed by atoms with Crippen molar-refractivity contribution in [3.8, 4) is 5.88 Å². The Morgan fingerprint density at radius 1 is 1.60 bits per heavy atom. The van der Waals surface area contributed by atoms with Crippen molar-refractivity contribution in [1.82, 2.24) is 9.78 Å². The summed E-state index contributed by atoms with van der Waals surface area (Å²) in [5.74, 6) is -0.702. The normalized spacial score (nSPS) is 11.5. The highest BCUT2D eigenvalue weighted by Gasteiger charge is 2.24. The quantitative estimate of drug-likeness (QED) is 0.755. The van der Waals surface area contributed by atoms with Crippen LogP contribution in [0.1, 0.15) is 38.1 Å². The summed E-state index contributed by atoms with van der Waals surface area (Å²) in [4.78, 5) is 11.4. The zero-order valence-corrected chi connectivity index (χ0v) is 9.44. The van der Waals surface area contributed by atoms with Gasteiger partial charge in [-0.3, -0.25) is 0 Å². The Labute approximate surface area is 88.7 Å². The molecule has 0 aromatic carbocycles.